The summed E-state index contributed by atoms with van der Waals surface area (Å²) < 4.78 is 11.6. The van der Waals surface area contributed by atoms with E-state index in [0.29, 0.717) is 13.1 Å². The zero-order valence-corrected chi connectivity index (χ0v) is 16.1. The highest BCUT2D eigenvalue weighted by Gasteiger charge is 2.26. The zero-order valence-electron chi connectivity index (χ0n) is 16.1. The van der Waals surface area contributed by atoms with Gasteiger partial charge in [0.05, 0.1) is 12.1 Å². The summed E-state index contributed by atoms with van der Waals surface area (Å²) in [5, 5.41) is 2.06. The lowest BCUT2D eigenvalue weighted by atomic mass is 10.2. The number of piperazine rings is 1. The van der Waals surface area contributed by atoms with Crippen LogP contribution in [0.5, 0.6) is 0 Å². The van der Waals surface area contributed by atoms with Crippen LogP contribution < -0.4 is 0 Å². The smallest absolute Gasteiger partial charge is 0.410 e. The number of rotatable bonds is 2. The largest absolute Gasteiger partial charge is 0.459 e. The van der Waals surface area contributed by atoms with Gasteiger partial charge in [0.1, 0.15) is 16.9 Å². The number of furan rings is 1. The predicted molar refractivity (Wildman–Crippen MR) is 105 cm³/mol. The molecule has 27 heavy (non-hydrogen) atoms. The summed E-state index contributed by atoms with van der Waals surface area (Å²) in [6.45, 7) is 9.33. The molecule has 2 aromatic heterocycles. The number of amides is 1. The molecule has 1 saturated heterocycles. The molecular formula is C21H25N3O3. The van der Waals surface area contributed by atoms with Gasteiger partial charge < -0.3 is 14.1 Å². The topological polar surface area (TPSA) is 58.8 Å². The molecule has 6 nitrogen and oxygen atoms in total. The minimum Gasteiger partial charge on any atom is -0.459 e. The summed E-state index contributed by atoms with van der Waals surface area (Å²) >= 11 is 0. The van der Waals surface area contributed by atoms with Crippen LogP contribution in [0.3, 0.4) is 0 Å². The summed E-state index contributed by atoms with van der Waals surface area (Å²) in [6.07, 6.45) is 1.63. The molecule has 1 fully saturated rings. The number of ether oxygens (including phenoxy) is 1. The lowest BCUT2D eigenvalue weighted by molar-refractivity contribution is 0.0135. The maximum Gasteiger partial charge on any atom is 0.410 e. The third kappa shape index (κ3) is 3.90. The highest BCUT2D eigenvalue weighted by Crippen LogP contribution is 2.27. The maximum atomic E-state index is 12.2. The second kappa shape index (κ2) is 6.85. The molecule has 1 amide bonds. The van der Waals surface area contributed by atoms with Crippen molar-refractivity contribution in [2.24, 2.45) is 0 Å². The first kappa shape index (κ1) is 17.8. The van der Waals surface area contributed by atoms with Crippen LogP contribution in [-0.2, 0) is 11.3 Å². The second-order valence-electron chi connectivity index (χ2n) is 8.02. The van der Waals surface area contributed by atoms with Gasteiger partial charge in [-0.1, -0.05) is 12.1 Å². The van der Waals surface area contributed by atoms with E-state index >= 15 is 0 Å². The van der Waals surface area contributed by atoms with Crippen molar-refractivity contribution in [2.45, 2.75) is 32.9 Å². The van der Waals surface area contributed by atoms with Crippen LogP contribution in [0, 0.1) is 0 Å². The number of carbonyl (C=O) groups is 1. The number of fused-ring (bicyclic) bond motifs is 3. The number of hydrogen-bond acceptors (Lipinski definition) is 5. The van der Waals surface area contributed by atoms with E-state index in [2.05, 4.69) is 16.0 Å². The van der Waals surface area contributed by atoms with Gasteiger partial charge in [-0.15, -0.1) is 0 Å². The molecule has 0 aliphatic carbocycles. The van der Waals surface area contributed by atoms with E-state index in [9.17, 15) is 4.79 Å². The Kier molecular flexibility index (Phi) is 4.52. The summed E-state index contributed by atoms with van der Waals surface area (Å²) in [7, 11) is 0. The molecule has 0 unspecified atom stereocenters. The van der Waals surface area contributed by atoms with Gasteiger partial charge in [0, 0.05) is 43.1 Å². The number of para-hydroxylation sites is 1. The Morgan fingerprint density at radius 1 is 1.19 bits per heavy atom. The van der Waals surface area contributed by atoms with Gasteiger partial charge >= 0.3 is 6.09 Å². The van der Waals surface area contributed by atoms with E-state index < -0.39 is 5.60 Å². The molecule has 0 atom stereocenters. The van der Waals surface area contributed by atoms with Crippen molar-refractivity contribution in [2.75, 3.05) is 26.2 Å². The Bertz CT molecular complexity index is 966. The minimum absolute atomic E-state index is 0.233. The lowest BCUT2D eigenvalue weighted by Gasteiger charge is -2.35. The van der Waals surface area contributed by atoms with E-state index in [-0.39, 0.29) is 6.09 Å². The molecular weight excluding hydrogens is 342 g/mol. The van der Waals surface area contributed by atoms with Gasteiger partial charge in [0.15, 0.2) is 0 Å². The van der Waals surface area contributed by atoms with Crippen LogP contribution in [-0.4, -0.2) is 52.7 Å². The molecule has 0 spiro atoms. The van der Waals surface area contributed by atoms with Crippen molar-refractivity contribution >= 4 is 28.0 Å². The van der Waals surface area contributed by atoms with Gasteiger partial charge in [0.2, 0.25) is 0 Å². The Morgan fingerprint density at radius 3 is 2.67 bits per heavy atom. The first-order valence-corrected chi connectivity index (χ1v) is 9.35. The molecule has 6 heteroatoms. The van der Waals surface area contributed by atoms with Crippen LogP contribution in [0.2, 0.25) is 0 Å². The summed E-state index contributed by atoms with van der Waals surface area (Å²) in [5.74, 6) is 0.925. The number of aromatic nitrogens is 1. The fraction of sp³-hybridized carbons (Fsp3) is 0.429. The monoisotopic (exact) mass is 367 g/mol. The van der Waals surface area contributed by atoms with E-state index in [0.717, 1.165) is 47.3 Å². The SMILES string of the molecule is CC(C)(C)OC(=O)N1CCN(Cc2cc3cnc4ccccc4c3o2)CC1. The highest BCUT2D eigenvalue weighted by atomic mass is 16.6. The Morgan fingerprint density at radius 2 is 1.93 bits per heavy atom. The van der Waals surface area contributed by atoms with Crippen LogP contribution in [0.4, 0.5) is 4.79 Å². The molecule has 1 aliphatic rings. The zero-order chi connectivity index (χ0) is 19.0. The molecule has 0 saturated carbocycles. The van der Waals surface area contributed by atoms with Crippen molar-refractivity contribution in [3.05, 3.63) is 42.3 Å². The quantitative estimate of drug-likeness (QED) is 0.684. The Balaban J connectivity index is 1.42. The molecule has 1 aliphatic heterocycles. The van der Waals surface area contributed by atoms with Gasteiger partial charge in [-0.2, -0.15) is 0 Å². The van der Waals surface area contributed by atoms with Crippen LogP contribution in [0.25, 0.3) is 21.9 Å². The number of hydrogen-bond donors (Lipinski definition) is 0. The van der Waals surface area contributed by atoms with E-state index in [1.54, 1.807) is 4.90 Å². The molecule has 0 radical (unpaired) electrons. The molecule has 1 aromatic carbocycles. The van der Waals surface area contributed by atoms with Crippen molar-refractivity contribution in [1.29, 1.82) is 0 Å². The highest BCUT2D eigenvalue weighted by molar-refractivity contribution is 6.01. The molecule has 3 aromatic rings. The summed E-state index contributed by atoms with van der Waals surface area (Å²) in [6, 6.07) is 10.1. The maximum absolute atomic E-state index is 12.2. The number of benzene rings is 1. The average molecular weight is 367 g/mol. The summed E-state index contributed by atoms with van der Waals surface area (Å²) in [4.78, 5) is 20.8. The predicted octanol–water partition coefficient (Wildman–Crippen LogP) is 4.03. The van der Waals surface area contributed by atoms with Gasteiger partial charge in [-0.05, 0) is 39.0 Å². The molecule has 0 N–H and O–H groups in total. The minimum atomic E-state index is -0.459. The molecule has 142 valence electrons. The van der Waals surface area contributed by atoms with Crippen LogP contribution in [0.1, 0.15) is 26.5 Å². The number of nitrogens with zero attached hydrogens (tertiary/aromatic N) is 3. The van der Waals surface area contributed by atoms with Gasteiger partial charge in [-0.25, -0.2) is 4.79 Å². The van der Waals surface area contributed by atoms with Gasteiger partial charge in [0.25, 0.3) is 0 Å². The molecule has 4 rings (SSSR count). The Labute approximate surface area is 158 Å². The fourth-order valence-electron chi connectivity index (χ4n) is 3.40. The second-order valence-corrected chi connectivity index (χ2v) is 8.02. The first-order chi connectivity index (χ1) is 12.9. The van der Waals surface area contributed by atoms with Crippen LogP contribution in [0.15, 0.2) is 40.9 Å². The Hall–Kier alpha value is -2.60. The molecule has 3 heterocycles. The van der Waals surface area contributed by atoms with Crippen molar-refractivity contribution in [1.82, 2.24) is 14.8 Å². The van der Waals surface area contributed by atoms with Crippen molar-refractivity contribution in [3.63, 3.8) is 0 Å². The standard InChI is InChI=1S/C21H25N3O3/c1-21(2,3)27-20(25)24-10-8-23(9-11-24)14-16-12-15-13-22-18-7-5-4-6-17(18)19(15)26-16/h4-7,12-13H,8-11,14H2,1-3H3. The molecule has 0 bridgehead atoms. The normalized spacial score (nSPS) is 16.2. The first-order valence-electron chi connectivity index (χ1n) is 9.35. The fourth-order valence-corrected chi connectivity index (χ4v) is 3.40. The van der Waals surface area contributed by atoms with Crippen molar-refractivity contribution in [3.8, 4) is 0 Å². The summed E-state index contributed by atoms with van der Waals surface area (Å²) in [5.41, 5.74) is 1.37. The third-order valence-corrected chi connectivity index (χ3v) is 4.71. The van der Waals surface area contributed by atoms with Crippen molar-refractivity contribution < 1.29 is 13.9 Å². The van der Waals surface area contributed by atoms with E-state index in [4.69, 9.17) is 9.15 Å². The lowest BCUT2D eigenvalue weighted by Crippen LogP contribution is -2.49. The van der Waals surface area contributed by atoms with Gasteiger partial charge in [-0.3, -0.25) is 9.88 Å². The van der Waals surface area contributed by atoms with E-state index in [1.807, 2.05) is 51.2 Å². The third-order valence-electron chi connectivity index (χ3n) is 4.71. The number of pyridine rings is 1. The average Bonchev–Trinajstić information content (AvgIpc) is 3.04. The van der Waals surface area contributed by atoms with Crippen LogP contribution >= 0.6 is 0 Å². The number of carbonyl (C=O) groups excluding carboxylic acids is 1. The van der Waals surface area contributed by atoms with E-state index in [1.165, 1.54) is 0 Å².